The highest BCUT2D eigenvalue weighted by Gasteiger charge is 2.25. The number of aromatic nitrogens is 2. The summed E-state index contributed by atoms with van der Waals surface area (Å²) in [4.78, 5) is 25.1. The molecule has 0 aromatic carbocycles. The van der Waals surface area contributed by atoms with Crippen LogP contribution < -0.4 is 4.90 Å². The number of carbonyl (C=O) groups excluding carboxylic acids is 1. The molecule has 0 aliphatic carbocycles. The molecule has 0 radical (unpaired) electrons. The first kappa shape index (κ1) is 15.7. The second-order valence-corrected chi connectivity index (χ2v) is 6.43. The largest absolute Gasteiger partial charge is 0.445 e. The molecule has 2 fully saturated rings. The normalized spacial score (nSPS) is 19.0. The minimum atomic E-state index is -0.0863. The summed E-state index contributed by atoms with van der Waals surface area (Å²) in [6, 6.07) is 1.67. The summed E-state index contributed by atoms with van der Waals surface area (Å²) in [5.41, 5.74) is 1.08. The molecular weight excluding hydrogens is 332 g/mol. The standard InChI is InChI=1S/C16H19ClN4O3/c17-16-18-11-10-12(15(22)21-4-2-1-3-5-21)24-13(11)14(19-16)20-6-8-23-9-7-20/h10H,1-9H2. The van der Waals surface area contributed by atoms with E-state index in [1.54, 1.807) is 6.07 Å². The van der Waals surface area contributed by atoms with E-state index in [2.05, 4.69) is 14.9 Å². The van der Waals surface area contributed by atoms with Crippen molar-refractivity contribution >= 4 is 34.4 Å². The third-order valence-electron chi connectivity index (χ3n) is 4.49. The van der Waals surface area contributed by atoms with Crippen LogP contribution in [0.15, 0.2) is 10.5 Å². The second-order valence-electron chi connectivity index (χ2n) is 6.09. The Labute approximate surface area is 144 Å². The van der Waals surface area contributed by atoms with Gasteiger partial charge in [-0.1, -0.05) is 0 Å². The van der Waals surface area contributed by atoms with E-state index in [0.717, 1.165) is 25.9 Å². The van der Waals surface area contributed by atoms with Crippen LogP contribution in [0.2, 0.25) is 5.28 Å². The summed E-state index contributed by atoms with van der Waals surface area (Å²) < 4.78 is 11.2. The van der Waals surface area contributed by atoms with Crippen molar-refractivity contribution in [3.8, 4) is 0 Å². The molecule has 2 aromatic rings. The molecule has 0 bridgehead atoms. The average Bonchev–Trinajstić information content (AvgIpc) is 3.05. The summed E-state index contributed by atoms with van der Waals surface area (Å²) in [6.07, 6.45) is 3.25. The van der Waals surface area contributed by atoms with Gasteiger partial charge in [-0.15, -0.1) is 0 Å². The van der Waals surface area contributed by atoms with Gasteiger partial charge in [0.1, 0.15) is 5.52 Å². The Hall–Kier alpha value is -1.86. The molecule has 8 heteroatoms. The SMILES string of the molecule is O=C(c1cc2nc(Cl)nc(N3CCOCC3)c2o1)N1CCCCC1. The Morgan fingerprint density at radius 2 is 1.83 bits per heavy atom. The van der Waals surface area contributed by atoms with Crippen molar-refractivity contribution in [3.63, 3.8) is 0 Å². The molecule has 2 aliphatic rings. The van der Waals surface area contributed by atoms with Gasteiger partial charge in [-0.3, -0.25) is 4.79 Å². The Balaban J connectivity index is 1.70. The third-order valence-corrected chi connectivity index (χ3v) is 4.66. The number of furan rings is 1. The van der Waals surface area contributed by atoms with Crippen LogP contribution >= 0.6 is 11.6 Å². The minimum absolute atomic E-state index is 0.0863. The number of carbonyl (C=O) groups is 1. The van der Waals surface area contributed by atoms with Crippen molar-refractivity contribution in [2.75, 3.05) is 44.3 Å². The van der Waals surface area contributed by atoms with Gasteiger partial charge in [0.05, 0.1) is 13.2 Å². The van der Waals surface area contributed by atoms with Gasteiger partial charge in [-0.2, -0.15) is 4.98 Å². The first-order valence-electron chi connectivity index (χ1n) is 8.31. The number of nitrogens with zero attached hydrogens (tertiary/aromatic N) is 4. The second kappa shape index (κ2) is 6.57. The maximum Gasteiger partial charge on any atom is 0.289 e. The molecule has 7 nitrogen and oxygen atoms in total. The predicted molar refractivity (Wildman–Crippen MR) is 89.6 cm³/mol. The van der Waals surface area contributed by atoms with Crippen molar-refractivity contribution in [2.24, 2.45) is 0 Å². The molecular formula is C16H19ClN4O3. The molecule has 0 unspecified atom stereocenters. The number of morpholine rings is 1. The highest BCUT2D eigenvalue weighted by atomic mass is 35.5. The fraction of sp³-hybridized carbons (Fsp3) is 0.562. The van der Waals surface area contributed by atoms with Gasteiger partial charge in [0.25, 0.3) is 5.91 Å². The van der Waals surface area contributed by atoms with Crippen molar-refractivity contribution in [1.82, 2.24) is 14.9 Å². The van der Waals surface area contributed by atoms with Gasteiger partial charge >= 0.3 is 0 Å². The maximum atomic E-state index is 12.7. The molecule has 2 aliphatic heterocycles. The Bertz CT molecular complexity index is 751. The molecule has 4 heterocycles. The molecule has 128 valence electrons. The number of hydrogen-bond donors (Lipinski definition) is 0. The van der Waals surface area contributed by atoms with Gasteiger partial charge in [0.2, 0.25) is 5.28 Å². The molecule has 0 N–H and O–H groups in total. The molecule has 24 heavy (non-hydrogen) atoms. The topological polar surface area (TPSA) is 71.7 Å². The lowest BCUT2D eigenvalue weighted by Crippen LogP contribution is -2.37. The van der Waals surface area contributed by atoms with E-state index < -0.39 is 0 Å². The number of piperidine rings is 1. The molecule has 0 atom stereocenters. The molecule has 2 aromatic heterocycles. The number of ether oxygens (including phenoxy) is 1. The van der Waals surface area contributed by atoms with Gasteiger partial charge in [-0.05, 0) is 30.9 Å². The quantitative estimate of drug-likeness (QED) is 0.774. The molecule has 0 spiro atoms. The number of likely N-dealkylation sites (tertiary alicyclic amines) is 1. The van der Waals surface area contributed by atoms with Crippen molar-refractivity contribution in [1.29, 1.82) is 0 Å². The van der Waals surface area contributed by atoms with E-state index in [1.165, 1.54) is 6.42 Å². The van der Waals surface area contributed by atoms with E-state index in [4.69, 9.17) is 20.8 Å². The Kier molecular flexibility index (Phi) is 4.28. The Morgan fingerprint density at radius 3 is 2.58 bits per heavy atom. The molecule has 2 saturated heterocycles. The fourth-order valence-electron chi connectivity index (χ4n) is 3.23. The summed E-state index contributed by atoms with van der Waals surface area (Å²) in [5.74, 6) is 0.848. The van der Waals surface area contributed by atoms with Crippen LogP contribution in [-0.2, 0) is 4.74 Å². The van der Waals surface area contributed by atoms with Gasteiger partial charge in [0.15, 0.2) is 17.2 Å². The lowest BCUT2D eigenvalue weighted by Gasteiger charge is -2.27. The highest BCUT2D eigenvalue weighted by Crippen LogP contribution is 2.29. The van der Waals surface area contributed by atoms with Crippen molar-refractivity contribution in [3.05, 3.63) is 17.1 Å². The molecule has 0 saturated carbocycles. The predicted octanol–water partition coefficient (Wildman–Crippen LogP) is 2.34. The van der Waals surface area contributed by atoms with Crippen LogP contribution in [-0.4, -0.2) is 60.2 Å². The number of hydrogen-bond acceptors (Lipinski definition) is 6. The number of rotatable bonds is 2. The number of fused-ring (bicyclic) bond motifs is 1. The first-order valence-corrected chi connectivity index (χ1v) is 8.69. The monoisotopic (exact) mass is 350 g/mol. The van der Waals surface area contributed by atoms with E-state index in [9.17, 15) is 4.79 Å². The van der Waals surface area contributed by atoms with E-state index in [0.29, 0.717) is 49.0 Å². The maximum absolute atomic E-state index is 12.7. The first-order chi connectivity index (χ1) is 11.7. The highest BCUT2D eigenvalue weighted by molar-refractivity contribution is 6.28. The number of anilines is 1. The fourth-order valence-corrected chi connectivity index (χ4v) is 3.41. The van der Waals surface area contributed by atoms with Crippen LogP contribution in [0, 0.1) is 0 Å². The van der Waals surface area contributed by atoms with E-state index >= 15 is 0 Å². The van der Waals surface area contributed by atoms with Gasteiger partial charge in [0, 0.05) is 32.2 Å². The van der Waals surface area contributed by atoms with Gasteiger partial charge < -0.3 is 19.0 Å². The average molecular weight is 351 g/mol. The smallest absolute Gasteiger partial charge is 0.289 e. The summed E-state index contributed by atoms with van der Waals surface area (Å²) in [7, 11) is 0. The van der Waals surface area contributed by atoms with E-state index in [-0.39, 0.29) is 11.2 Å². The zero-order chi connectivity index (χ0) is 16.5. The number of amides is 1. The molecule has 1 amide bonds. The van der Waals surface area contributed by atoms with Crippen LogP contribution in [0.25, 0.3) is 11.1 Å². The summed E-state index contributed by atoms with van der Waals surface area (Å²) in [5, 5.41) is 0.154. The van der Waals surface area contributed by atoms with Crippen molar-refractivity contribution in [2.45, 2.75) is 19.3 Å². The lowest BCUT2D eigenvalue weighted by molar-refractivity contribution is 0.0694. The zero-order valence-corrected chi connectivity index (χ0v) is 14.1. The van der Waals surface area contributed by atoms with E-state index in [1.807, 2.05) is 4.90 Å². The zero-order valence-electron chi connectivity index (χ0n) is 13.3. The van der Waals surface area contributed by atoms with Crippen molar-refractivity contribution < 1.29 is 13.9 Å². The van der Waals surface area contributed by atoms with Crippen LogP contribution in [0.4, 0.5) is 5.82 Å². The van der Waals surface area contributed by atoms with Crippen LogP contribution in [0.5, 0.6) is 0 Å². The number of halogens is 1. The van der Waals surface area contributed by atoms with Gasteiger partial charge in [-0.25, -0.2) is 4.98 Å². The third kappa shape index (κ3) is 2.93. The Morgan fingerprint density at radius 1 is 1.08 bits per heavy atom. The summed E-state index contributed by atoms with van der Waals surface area (Å²) in [6.45, 7) is 4.22. The lowest BCUT2D eigenvalue weighted by atomic mass is 10.1. The summed E-state index contributed by atoms with van der Waals surface area (Å²) >= 11 is 6.06. The molecule has 4 rings (SSSR count). The van der Waals surface area contributed by atoms with Crippen LogP contribution in [0.1, 0.15) is 29.8 Å². The minimum Gasteiger partial charge on any atom is -0.445 e. The van der Waals surface area contributed by atoms with Crippen LogP contribution in [0.3, 0.4) is 0 Å².